The van der Waals surface area contributed by atoms with Crippen LogP contribution in [-0.4, -0.2) is 4.98 Å². The first kappa shape index (κ1) is 17.6. The van der Waals surface area contributed by atoms with Crippen LogP contribution in [0.3, 0.4) is 0 Å². The van der Waals surface area contributed by atoms with Gasteiger partial charge in [-0.05, 0) is 35.7 Å². The van der Waals surface area contributed by atoms with Crippen LogP contribution >= 0.6 is 0 Å². The number of nitriles is 2. The van der Waals surface area contributed by atoms with E-state index >= 15 is 0 Å². The van der Waals surface area contributed by atoms with Crippen molar-refractivity contribution in [3.63, 3.8) is 0 Å². The Morgan fingerprint density at radius 2 is 1.77 bits per heavy atom. The largest absolute Gasteiger partial charge is 0.416 e. The molecule has 1 atom stereocenters. The zero-order valence-electron chi connectivity index (χ0n) is 13.6. The van der Waals surface area contributed by atoms with Gasteiger partial charge in [-0.2, -0.15) is 23.7 Å². The van der Waals surface area contributed by atoms with E-state index in [0.29, 0.717) is 23.1 Å². The maximum atomic E-state index is 12.8. The van der Waals surface area contributed by atoms with E-state index in [-0.39, 0.29) is 12.3 Å². The molecule has 0 saturated carbocycles. The summed E-state index contributed by atoms with van der Waals surface area (Å²) < 4.78 is 38.4. The lowest BCUT2D eigenvalue weighted by atomic mass is 9.86. The molecule has 2 aromatic carbocycles. The van der Waals surface area contributed by atoms with Crippen molar-refractivity contribution < 1.29 is 13.2 Å². The summed E-state index contributed by atoms with van der Waals surface area (Å²) in [7, 11) is 0. The molecule has 3 nitrogen and oxygen atoms in total. The zero-order chi connectivity index (χ0) is 18.7. The van der Waals surface area contributed by atoms with E-state index in [4.69, 9.17) is 5.26 Å². The Hall–Kier alpha value is -3.25. The number of hydrogen-bond acceptors (Lipinski definition) is 2. The second-order valence-corrected chi connectivity index (χ2v) is 5.95. The highest BCUT2D eigenvalue weighted by Gasteiger charge is 2.30. The quantitative estimate of drug-likeness (QED) is 0.674. The normalized spacial score (nSPS) is 12.5. The smallest absolute Gasteiger partial charge is 0.360 e. The molecule has 0 saturated heterocycles. The Labute approximate surface area is 148 Å². The third-order valence-corrected chi connectivity index (χ3v) is 4.43. The summed E-state index contributed by atoms with van der Waals surface area (Å²) in [5.41, 5.74) is 2.06. The van der Waals surface area contributed by atoms with Gasteiger partial charge in [-0.3, -0.25) is 0 Å². The van der Waals surface area contributed by atoms with E-state index in [1.54, 1.807) is 18.3 Å². The van der Waals surface area contributed by atoms with Crippen molar-refractivity contribution >= 4 is 10.9 Å². The molecule has 0 bridgehead atoms. The fraction of sp³-hybridized carbons (Fsp3) is 0.200. The molecule has 0 aliphatic heterocycles. The van der Waals surface area contributed by atoms with Crippen molar-refractivity contribution in [1.82, 2.24) is 4.98 Å². The van der Waals surface area contributed by atoms with Gasteiger partial charge in [-0.15, -0.1) is 0 Å². The van der Waals surface area contributed by atoms with Gasteiger partial charge in [0.15, 0.2) is 0 Å². The van der Waals surface area contributed by atoms with Gasteiger partial charge in [0.1, 0.15) is 6.07 Å². The van der Waals surface area contributed by atoms with Crippen molar-refractivity contribution in [3.8, 4) is 12.1 Å². The van der Waals surface area contributed by atoms with Gasteiger partial charge < -0.3 is 4.98 Å². The van der Waals surface area contributed by atoms with Crippen molar-refractivity contribution in [2.45, 2.75) is 24.9 Å². The molecule has 0 amide bonds. The summed E-state index contributed by atoms with van der Waals surface area (Å²) in [6, 6.07) is 14.6. The van der Waals surface area contributed by atoms with E-state index in [1.807, 2.05) is 6.07 Å². The van der Waals surface area contributed by atoms with Gasteiger partial charge in [-0.25, -0.2) is 0 Å². The minimum absolute atomic E-state index is 0.236. The van der Waals surface area contributed by atoms with Crippen LogP contribution in [0.2, 0.25) is 0 Å². The summed E-state index contributed by atoms with van der Waals surface area (Å²) in [6.45, 7) is 0. The minimum Gasteiger partial charge on any atom is -0.360 e. The number of halogens is 3. The highest BCUT2D eigenvalue weighted by molar-refractivity contribution is 5.88. The predicted molar refractivity (Wildman–Crippen MR) is 91.1 cm³/mol. The Morgan fingerprint density at radius 3 is 2.38 bits per heavy atom. The zero-order valence-corrected chi connectivity index (χ0v) is 13.6. The van der Waals surface area contributed by atoms with Gasteiger partial charge in [-0.1, -0.05) is 24.3 Å². The number of alkyl halides is 3. The minimum atomic E-state index is -4.39. The third kappa shape index (κ3) is 3.27. The molecule has 1 unspecified atom stereocenters. The average molecular weight is 353 g/mol. The van der Waals surface area contributed by atoms with Gasteiger partial charge in [0.25, 0.3) is 0 Å². The third-order valence-electron chi connectivity index (χ3n) is 4.43. The van der Waals surface area contributed by atoms with Crippen LogP contribution in [0.5, 0.6) is 0 Å². The van der Waals surface area contributed by atoms with E-state index < -0.39 is 11.7 Å². The molecular weight excluding hydrogens is 339 g/mol. The van der Waals surface area contributed by atoms with E-state index in [9.17, 15) is 18.4 Å². The maximum Gasteiger partial charge on any atom is 0.416 e. The molecule has 6 heteroatoms. The molecule has 3 rings (SSSR count). The molecule has 1 heterocycles. The van der Waals surface area contributed by atoms with Crippen molar-refractivity contribution in [2.24, 2.45) is 0 Å². The summed E-state index contributed by atoms with van der Waals surface area (Å²) >= 11 is 0. The van der Waals surface area contributed by atoms with Gasteiger partial charge in [0.2, 0.25) is 0 Å². The molecule has 3 aromatic rings. The highest BCUT2D eigenvalue weighted by atomic mass is 19.4. The standard InChI is InChI=1S/C20H14F3N3/c21-20(22,23)15-8-6-13(7-9-15)16(5-2-10-24)18-12-26-19-14(11-25)3-1-4-17(18)19/h1,3-4,6-9,12,16,26H,2,5H2. The van der Waals surface area contributed by atoms with Crippen LogP contribution in [-0.2, 0) is 6.18 Å². The summed E-state index contributed by atoms with van der Waals surface area (Å²) in [5, 5.41) is 19.0. The Morgan fingerprint density at radius 1 is 1.04 bits per heavy atom. The van der Waals surface area contributed by atoms with Crippen molar-refractivity contribution in [1.29, 1.82) is 10.5 Å². The molecule has 1 N–H and O–H groups in total. The monoisotopic (exact) mass is 353 g/mol. The number of aromatic nitrogens is 1. The molecular formula is C20H14F3N3. The molecule has 130 valence electrons. The predicted octanol–water partition coefficient (Wildman–Crippen LogP) is 5.49. The lowest BCUT2D eigenvalue weighted by Crippen LogP contribution is -2.06. The number of hydrogen-bond donors (Lipinski definition) is 1. The van der Waals surface area contributed by atoms with E-state index in [2.05, 4.69) is 17.1 Å². The number of para-hydroxylation sites is 1. The van der Waals surface area contributed by atoms with Crippen LogP contribution in [0.1, 0.15) is 41.0 Å². The topological polar surface area (TPSA) is 63.4 Å². The van der Waals surface area contributed by atoms with Crippen molar-refractivity contribution in [3.05, 3.63) is 70.9 Å². The fourth-order valence-corrected chi connectivity index (χ4v) is 3.17. The fourth-order valence-electron chi connectivity index (χ4n) is 3.17. The summed E-state index contributed by atoms with van der Waals surface area (Å²) in [4.78, 5) is 3.08. The van der Waals surface area contributed by atoms with Crippen molar-refractivity contribution in [2.75, 3.05) is 0 Å². The first-order valence-corrected chi connectivity index (χ1v) is 8.00. The van der Waals surface area contributed by atoms with Crippen LogP contribution in [0.4, 0.5) is 13.2 Å². The molecule has 26 heavy (non-hydrogen) atoms. The SMILES string of the molecule is N#CCCC(c1ccc(C(F)(F)F)cc1)c1c[nH]c2c(C#N)cccc12. The number of rotatable bonds is 4. The average Bonchev–Trinajstić information content (AvgIpc) is 3.06. The number of benzene rings is 2. The molecule has 0 radical (unpaired) electrons. The molecule has 1 aromatic heterocycles. The lowest BCUT2D eigenvalue weighted by molar-refractivity contribution is -0.137. The second kappa shape index (κ2) is 6.93. The highest BCUT2D eigenvalue weighted by Crippen LogP contribution is 2.36. The Bertz CT molecular complexity index is 1000. The van der Waals surface area contributed by atoms with Crippen LogP contribution in [0, 0.1) is 22.7 Å². The molecule has 0 aliphatic carbocycles. The van der Waals surface area contributed by atoms with Gasteiger partial charge in [0.05, 0.1) is 22.7 Å². The Kier molecular flexibility index (Phi) is 4.69. The number of H-pyrrole nitrogens is 1. The van der Waals surface area contributed by atoms with Crippen LogP contribution in [0.15, 0.2) is 48.7 Å². The number of nitrogens with one attached hydrogen (secondary N) is 1. The number of aromatic amines is 1. The lowest BCUT2D eigenvalue weighted by Gasteiger charge is -2.17. The molecule has 0 spiro atoms. The maximum absolute atomic E-state index is 12.8. The van der Waals surface area contributed by atoms with E-state index in [0.717, 1.165) is 23.1 Å². The Balaban J connectivity index is 2.08. The van der Waals surface area contributed by atoms with Gasteiger partial charge >= 0.3 is 6.18 Å². The molecule has 0 aliphatic rings. The first-order valence-electron chi connectivity index (χ1n) is 8.00. The van der Waals surface area contributed by atoms with E-state index in [1.165, 1.54) is 12.1 Å². The van der Waals surface area contributed by atoms with Crippen LogP contribution in [0.25, 0.3) is 10.9 Å². The second-order valence-electron chi connectivity index (χ2n) is 5.95. The summed E-state index contributed by atoms with van der Waals surface area (Å²) in [6.07, 6.45) is -1.86. The first-order chi connectivity index (χ1) is 12.5. The van der Waals surface area contributed by atoms with Gasteiger partial charge in [0, 0.05) is 23.9 Å². The summed E-state index contributed by atoms with van der Waals surface area (Å²) in [5.74, 6) is -0.236. The molecule has 0 fully saturated rings. The number of fused-ring (bicyclic) bond motifs is 1. The van der Waals surface area contributed by atoms with Crippen LogP contribution < -0.4 is 0 Å². The number of nitrogens with zero attached hydrogens (tertiary/aromatic N) is 2.